The van der Waals surface area contributed by atoms with Crippen molar-refractivity contribution in [2.24, 2.45) is 0 Å². The van der Waals surface area contributed by atoms with Crippen molar-refractivity contribution in [2.45, 2.75) is 13.8 Å². The van der Waals surface area contributed by atoms with Gasteiger partial charge in [-0.2, -0.15) is 0 Å². The number of benzene rings is 2. The predicted molar refractivity (Wildman–Crippen MR) is 87.2 cm³/mol. The zero-order valence-electron chi connectivity index (χ0n) is 12.1. The first kappa shape index (κ1) is 13.4. The van der Waals surface area contributed by atoms with E-state index in [0.717, 1.165) is 11.1 Å². The second-order valence-corrected chi connectivity index (χ2v) is 5.26. The standard InChI is InChI=1S/C19H16O2/c1-13(2)12-16-18(20)15-10-6-7-11-17(15)21-19(16)14-8-4-3-5-9-14/h3-12H,1-2H3. The van der Waals surface area contributed by atoms with Crippen molar-refractivity contribution in [3.8, 4) is 11.3 Å². The van der Waals surface area contributed by atoms with Gasteiger partial charge >= 0.3 is 0 Å². The van der Waals surface area contributed by atoms with Gasteiger partial charge in [0.1, 0.15) is 11.3 Å². The molecular weight excluding hydrogens is 260 g/mol. The molecule has 0 fully saturated rings. The Labute approximate surface area is 123 Å². The third-order valence-electron chi connectivity index (χ3n) is 3.30. The van der Waals surface area contributed by atoms with Gasteiger partial charge in [-0.25, -0.2) is 0 Å². The average Bonchev–Trinajstić information content (AvgIpc) is 2.50. The van der Waals surface area contributed by atoms with Crippen molar-refractivity contribution in [3.63, 3.8) is 0 Å². The van der Waals surface area contributed by atoms with E-state index < -0.39 is 0 Å². The molecule has 0 N–H and O–H groups in total. The minimum Gasteiger partial charge on any atom is -0.455 e. The highest BCUT2D eigenvalue weighted by Crippen LogP contribution is 2.27. The highest BCUT2D eigenvalue weighted by molar-refractivity contribution is 5.84. The molecule has 0 aliphatic heterocycles. The molecule has 0 unspecified atom stereocenters. The Morgan fingerprint density at radius 3 is 2.33 bits per heavy atom. The van der Waals surface area contributed by atoms with Gasteiger partial charge in [-0.15, -0.1) is 0 Å². The summed E-state index contributed by atoms with van der Waals surface area (Å²) < 4.78 is 6.02. The second-order valence-electron chi connectivity index (χ2n) is 5.26. The Hall–Kier alpha value is -2.61. The smallest absolute Gasteiger partial charge is 0.200 e. The molecule has 0 aliphatic carbocycles. The summed E-state index contributed by atoms with van der Waals surface area (Å²) in [5.74, 6) is 0.625. The van der Waals surface area contributed by atoms with Crippen LogP contribution in [0, 0.1) is 0 Å². The molecule has 1 heterocycles. The molecule has 104 valence electrons. The summed E-state index contributed by atoms with van der Waals surface area (Å²) in [6.45, 7) is 3.95. The van der Waals surface area contributed by atoms with Gasteiger partial charge in [0.25, 0.3) is 0 Å². The molecule has 2 nitrogen and oxygen atoms in total. The number of para-hydroxylation sites is 1. The lowest BCUT2D eigenvalue weighted by Gasteiger charge is -2.08. The van der Waals surface area contributed by atoms with Gasteiger partial charge in [0.2, 0.25) is 5.43 Å². The normalized spacial score (nSPS) is 10.6. The van der Waals surface area contributed by atoms with Gasteiger partial charge in [0, 0.05) is 5.56 Å². The summed E-state index contributed by atoms with van der Waals surface area (Å²) in [4.78, 5) is 12.8. The van der Waals surface area contributed by atoms with Crippen LogP contribution in [0.3, 0.4) is 0 Å². The number of allylic oxidation sites excluding steroid dienone is 1. The third kappa shape index (κ3) is 2.52. The van der Waals surface area contributed by atoms with Crippen LogP contribution >= 0.6 is 0 Å². The molecule has 0 aliphatic rings. The van der Waals surface area contributed by atoms with Crippen LogP contribution in [0.5, 0.6) is 0 Å². The minimum absolute atomic E-state index is 0.0110. The van der Waals surface area contributed by atoms with E-state index in [1.54, 1.807) is 6.07 Å². The summed E-state index contributed by atoms with van der Waals surface area (Å²) in [5, 5.41) is 0.615. The lowest BCUT2D eigenvalue weighted by molar-refractivity contribution is 0.617. The monoisotopic (exact) mass is 276 g/mol. The van der Waals surface area contributed by atoms with Crippen LogP contribution in [0.1, 0.15) is 19.4 Å². The molecule has 0 bridgehead atoms. The maximum atomic E-state index is 12.8. The number of rotatable bonds is 2. The first-order valence-corrected chi connectivity index (χ1v) is 6.93. The third-order valence-corrected chi connectivity index (χ3v) is 3.30. The number of hydrogen-bond acceptors (Lipinski definition) is 2. The van der Waals surface area contributed by atoms with Crippen LogP contribution in [0.4, 0.5) is 0 Å². The van der Waals surface area contributed by atoms with Crippen molar-refractivity contribution in [2.75, 3.05) is 0 Å². The molecule has 21 heavy (non-hydrogen) atoms. The molecule has 3 rings (SSSR count). The Morgan fingerprint density at radius 1 is 0.952 bits per heavy atom. The van der Waals surface area contributed by atoms with E-state index in [2.05, 4.69) is 0 Å². The van der Waals surface area contributed by atoms with Gasteiger partial charge < -0.3 is 4.42 Å². The molecule has 0 saturated carbocycles. The van der Waals surface area contributed by atoms with Crippen LogP contribution in [0.15, 0.2) is 69.4 Å². The van der Waals surface area contributed by atoms with E-state index in [0.29, 0.717) is 22.3 Å². The topological polar surface area (TPSA) is 30.2 Å². The van der Waals surface area contributed by atoms with Crippen molar-refractivity contribution in [1.82, 2.24) is 0 Å². The van der Waals surface area contributed by atoms with Gasteiger partial charge in [-0.1, -0.05) is 48.0 Å². The van der Waals surface area contributed by atoms with Crippen LogP contribution < -0.4 is 5.43 Å². The van der Waals surface area contributed by atoms with Crippen molar-refractivity contribution >= 4 is 17.0 Å². The summed E-state index contributed by atoms with van der Waals surface area (Å²) in [6.07, 6.45) is 1.89. The molecule has 0 amide bonds. The number of hydrogen-bond donors (Lipinski definition) is 0. The molecule has 0 spiro atoms. The molecular formula is C19H16O2. The maximum Gasteiger partial charge on any atom is 0.200 e. The zero-order valence-corrected chi connectivity index (χ0v) is 12.1. The van der Waals surface area contributed by atoms with Crippen molar-refractivity contribution in [3.05, 3.63) is 76.0 Å². The fourth-order valence-corrected chi connectivity index (χ4v) is 2.38. The van der Waals surface area contributed by atoms with Gasteiger partial charge in [0.15, 0.2) is 0 Å². The molecule has 0 saturated heterocycles. The first-order valence-electron chi connectivity index (χ1n) is 6.93. The van der Waals surface area contributed by atoms with Crippen molar-refractivity contribution < 1.29 is 4.42 Å². The predicted octanol–water partition coefficient (Wildman–Crippen LogP) is 4.88. The first-order chi connectivity index (χ1) is 10.2. The molecule has 2 aromatic carbocycles. The quantitative estimate of drug-likeness (QED) is 0.667. The Balaban J connectivity index is 2.42. The van der Waals surface area contributed by atoms with E-state index >= 15 is 0 Å². The van der Waals surface area contributed by atoms with E-state index in [1.165, 1.54) is 0 Å². The fraction of sp³-hybridized carbons (Fsp3) is 0.105. The van der Waals surface area contributed by atoms with E-state index in [9.17, 15) is 4.79 Å². The molecule has 1 aromatic heterocycles. The maximum absolute atomic E-state index is 12.8. The van der Waals surface area contributed by atoms with Crippen LogP contribution in [0.25, 0.3) is 28.4 Å². The van der Waals surface area contributed by atoms with E-state index in [4.69, 9.17) is 4.42 Å². The summed E-state index contributed by atoms with van der Waals surface area (Å²) in [7, 11) is 0. The highest BCUT2D eigenvalue weighted by Gasteiger charge is 2.13. The van der Waals surface area contributed by atoms with Crippen LogP contribution in [-0.2, 0) is 0 Å². The van der Waals surface area contributed by atoms with Gasteiger partial charge in [0.05, 0.1) is 10.9 Å². The van der Waals surface area contributed by atoms with E-state index in [1.807, 2.05) is 68.5 Å². The average molecular weight is 276 g/mol. The Bertz CT molecular complexity index is 867. The van der Waals surface area contributed by atoms with Gasteiger partial charge in [-0.05, 0) is 32.1 Å². The van der Waals surface area contributed by atoms with E-state index in [-0.39, 0.29) is 5.43 Å². The summed E-state index contributed by atoms with van der Waals surface area (Å²) in [6, 6.07) is 17.1. The number of fused-ring (bicyclic) bond motifs is 1. The molecule has 0 radical (unpaired) electrons. The van der Waals surface area contributed by atoms with Crippen LogP contribution in [-0.4, -0.2) is 0 Å². The lowest BCUT2D eigenvalue weighted by Crippen LogP contribution is -2.07. The lowest BCUT2D eigenvalue weighted by atomic mass is 10.0. The summed E-state index contributed by atoms with van der Waals surface area (Å²) in [5.41, 5.74) is 3.21. The van der Waals surface area contributed by atoms with Crippen LogP contribution in [0.2, 0.25) is 0 Å². The molecule has 2 heteroatoms. The van der Waals surface area contributed by atoms with Crippen molar-refractivity contribution in [1.29, 1.82) is 0 Å². The largest absolute Gasteiger partial charge is 0.455 e. The fourth-order valence-electron chi connectivity index (χ4n) is 2.38. The SMILES string of the molecule is CC(C)=Cc1c(-c2ccccc2)oc2ccccc2c1=O. The summed E-state index contributed by atoms with van der Waals surface area (Å²) >= 11 is 0. The Morgan fingerprint density at radius 2 is 1.62 bits per heavy atom. The second kappa shape index (κ2) is 5.41. The highest BCUT2D eigenvalue weighted by atomic mass is 16.3. The zero-order chi connectivity index (χ0) is 14.8. The molecule has 0 atom stereocenters. The Kier molecular flexibility index (Phi) is 3.44. The minimum atomic E-state index is 0.0110. The van der Waals surface area contributed by atoms with Gasteiger partial charge in [-0.3, -0.25) is 4.79 Å². The molecule has 3 aromatic rings.